The fourth-order valence-corrected chi connectivity index (χ4v) is 2.99. The molecule has 0 bridgehead atoms. The molecule has 2 aromatic rings. The Labute approximate surface area is 133 Å². The van der Waals surface area contributed by atoms with Gasteiger partial charge in [-0.2, -0.15) is 0 Å². The quantitative estimate of drug-likeness (QED) is 0.759. The van der Waals surface area contributed by atoms with Gasteiger partial charge in [-0.3, -0.25) is 9.69 Å². The maximum absolute atomic E-state index is 12.0. The van der Waals surface area contributed by atoms with E-state index in [1.165, 1.54) is 11.3 Å². The first-order valence-corrected chi connectivity index (χ1v) is 8.07. The molecule has 1 aromatic carbocycles. The highest BCUT2D eigenvalue weighted by Crippen LogP contribution is 2.28. The Morgan fingerprint density at radius 2 is 2.10 bits per heavy atom. The van der Waals surface area contributed by atoms with Crippen molar-refractivity contribution in [2.75, 3.05) is 24.4 Å². The number of methoxy groups -OCH3 is 1. The first kappa shape index (κ1) is 15.8. The topological polar surface area (TPSA) is 42.4 Å². The van der Waals surface area contributed by atoms with Crippen LogP contribution in [0, 0.1) is 0 Å². The van der Waals surface area contributed by atoms with Crippen molar-refractivity contribution in [2.45, 2.75) is 13.3 Å². The largest absolute Gasteiger partial charge is 0.497 e. The van der Waals surface area contributed by atoms with Gasteiger partial charge in [0.2, 0.25) is 5.91 Å². The third-order valence-electron chi connectivity index (χ3n) is 3.03. The zero-order valence-electron chi connectivity index (χ0n) is 12.0. The average molecular weight is 325 g/mol. The summed E-state index contributed by atoms with van der Waals surface area (Å²) >= 11 is 7.10. The lowest BCUT2D eigenvalue weighted by Crippen LogP contribution is -2.30. The summed E-state index contributed by atoms with van der Waals surface area (Å²) in [6.07, 6.45) is 0.326. The van der Waals surface area contributed by atoms with Crippen molar-refractivity contribution in [3.05, 3.63) is 29.6 Å². The second-order valence-corrected chi connectivity index (χ2v) is 5.54. The second-order valence-electron chi connectivity index (χ2n) is 4.32. The van der Waals surface area contributed by atoms with Crippen LogP contribution in [0.15, 0.2) is 29.6 Å². The van der Waals surface area contributed by atoms with Crippen LogP contribution in [0.25, 0.3) is 11.3 Å². The molecule has 0 aliphatic rings. The summed E-state index contributed by atoms with van der Waals surface area (Å²) in [5.74, 6) is 1.14. The normalized spacial score (nSPS) is 10.4. The molecular formula is C15H17ClN2O2S. The molecule has 0 aliphatic heterocycles. The Morgan fingerprint density at radius 1 is 1.38 bits per heavy atom. The van der Waals surface area contributed by atoms with Crippen LogP contribution in [0.1, 0.15) is 13.3 Å². The molecule has 0 unspecified atom stereocenters. The molecule has 21 heavy (non-hydrogen) atoms. The maximum Gasteiger partial charge on any atom is 0.229 e. The number of benzene rings is 1. The van der Waals surface area contributed by atoms with E-state index < -0.39 is 0 Å². The van der Waals surface area contributed by atoms with E-state index in [0.29, 0.717) is 24.0 Å². The second kappa shape index (κ2) is 7.43. The number of carbonyl (C=O) groups excluding carboxylic acids is 1. The number of anilines is 1. The van der Waals surface area contributed by atoms with Gasteiger partial charge in [0.25, 0.3) is 0 Å². The van der Waals surface area contributed by atoms with Gasteiger partial charge < -0.3 is 4.74 Å². The van der Waals surface area contributed by atoms with Crippen molar-refractivity contribution in [1.29, 1.82) is 0 Å². The van der Waals surface area contributed by atoms with Crippen LogP contribution in [0.4, 0.5) is 5.13 Å². The van der Waals surface area contributed by atoms with Gasteiger partial charge in [-0.05, 0) is 31.2 Å². The van der Waals surface area contributed by atoms with Crippen LogP contribution in [-0.2, 0) is 4.79 Å². The average Bonchev–Trinajstić information content (AvgIpc) is 2.98. The van der Waals surface area contributed by atoms with Crippen LogP contribution in [-0.4, -0.2) is 30.4 Å². The number of alkyl halides is 1. The lowest BCUT2D eigenvalue weighted by atomic mass is 10.2. The molecule has 1 aromatic heterocycles. The van der Waals surface area contributed by atoms with E-state index in [2.05, 4.69) is 4.98 Å². The summed E-state index contributed by atoms with van der Waals surface area (Å²) in [4.78, 5) is 18.2. The Morgan fingerprint density at radius 3 is 2.67 bits per heavy atom. The van der Waals surface area contributed by atoms with Gasteiger partial charge in [0.05, 0.1) is 12.8 Å². The predicted octanol–water partition coefficient (Wildman–Crippen LogP) is 3.80. The van der Waals surface area contributed by atoms with Crippen LogP contribution in [0.5, 0.6) is 5.75 Å². The van der Waals surface area contributed by atoms with E-state index in [-0.39, 0.29) is 5.91 Å². The Kier molecular flexibility index (Phi) is 5.59. The van der Waals surface area contributed by atoms with Crippen molar-refractivity contribution < 1.29 is 9.53 Å². The van der Waals surface area contributed by atoms with Gasteiger partial charge >= 0.3 is 0 Å². The predicted molar refractivity (Wildman–Crippen MR) is 87.5 cm³/mol. The van der Waals surface area contributed by atoms with Gasteiger partial charge in [-0.15, -0.1) is 22.9 Å². The van der Waals surface area contributed by atoms with Crippen molar-refractivity contribution >= 4 is 34.0 Å². The number of amides is 1. The van der Waals surface area contributed by atoms with E-state index in [9.17, 15) is 4.79 Å². The van der Waals surface area contributed by atoms with Gasteiger partial charge in [0.1, 0.15) is 5.75 Å². The summed E-state index contributed by atoms with van der Waals surface area (Å²) in [5, 5.41) is 2.66. The number of aromatic nitrogens is 1. The monoisotopic (exact) mass is 324 g/mol. The smallest absolute Gasteiger partial charge is 0.229 e. The molecule has 0 spiro atoms. The molecule has 6 heteroatoms. The van der Waals surface area contributed by atoms with Crippen LogP contribution < -0.4 is 9.64 Å². The minimum Gasteiger partial charge on any atom is -0.497 e. The summed E-state index contributed by atoms with van der Waals surface area (Å²) in [6, 6.07) is 7.69. The van der Waals surface area contributed by atoms with Gasteiger partial charge in [0, 0.05) is 29.8 Å². The molecule has 0 saturated carbocycles. The van der Waals surface area contributed by atoms with E-state index >= 15 is 0 Å². The number of halogens is 1. The van der Waals surface area contributed by atoms with Crippen molar-refractivity contribution in [3.8, 4) is 17.0 Å². The van der Waals surface area contributed by atoms with Crippen LogP contribution >= 0.6 is 22.9 Å². The Balaban J connectivity index is 2.21. The molecule has 112 valence electrons. The lowest BCUT2D eigenvalue weighted by molar-refractivity contribution is -0.118. The summed E-state index contributed by atoms with van der Waals surface area (Å²) < 4.78 is 5.14. The van der Waals surface area contributed by atoms with Crippen molar-refractivity contribution in [1.82, 2.24) is 4.98 Å². The molecule has 4 nitrogen and oxygen atoms in total. The molecule has 0 saturated heterocycles. The zero-order chi connectivity index (χ0) is 15.2. The zero-order valence-corrected chi connectivity index (χ0v) is 13.6. The fourth-order valence-electron chi connectivity index (χ4n) is 1.92. The molecule has 0 aliphatic carbocycles. The maximum atomic E-state index is 12.0. The molecule has 0 radical (unpaired) electrons. The number of hydrogen-bond acceptors (Lipinski definition) is 4. The number of carbonyl (C=O) groups is 1. The van der Waals surface area contributed by atoms with Crippen LogP contribution in [0.3, 0.4) is 0 Å². The number of nitrogens with zero attached hydrogens (tertiary/aromatic N) is 2. The highest BCUT2D eigenvalue weighted by molar-refractivity contribution is 7.14. The standard InChI is InChI=1S/C15H17ClN2O2S/c1-3-18(14(19)8-9-16)15-17-13(10-21-15)11-4-6-12(20-2)7-5-11/h4-7,10H,3,8-9H2,1-2H3. The van der Waals surface area contributed by atoms with Gasteiger partial charge in [0.15, 0.2) is 5.13 Å². The number of ether oxygens (including phenoxy) is 1. The summed E-state index contributed by atoms with van der Waals surface area (Å²) in [6.45, 7) is 2.52. The van der Waals surface area contributed by atoms with Crippen molar-refractivity contribution in [3.63, 3.8) is 0 Å². The van der Waals surface area contributed by atoms with E-state index in [4.69, 9.17) is 16.3 Å². The third-order valence-corrected chi connectivity index (χ3v) is 4.09. The molecule has 0 atom stereocenters. The highest BCUT2D eigenvalue weighted by atomic mass is 35.5. The molecule has 2 rings (SSSR count). The van der Waals surface area contributed by atoms with Gasteiger partial charge in [-0.25, -0.2) is 4.98 Å². The highest BCUT2D eigenvalue weighted by Gasteiger charge is 2.17. The summed E-state index contributed by atoms with van der Waals surface area (Å²) in [5.41, 5.74) is 1.86. The first-order chi connectivity index (χ1) is 10.2. The lowest BCUT2D eigenvalue weighted by Gasteiger charge is -2.16. The number of rotatable bonds is 6. The van der Waals surface area contributed by atoms with E-state index in [0.717, 1.165) is 17.0 Å². The van der Waals surface area contributed by atoms with E-state index in [1.807, 2.05) is 36.6 Å². The van der Waals surface area contributed by atoms with E-state index in [1.54, 1.807) is 12.0 Å². The molecule has 1 heterocycles. The molecule has 0 fully saturated rings. The summed E-state index contributed by atoms with van der Waals surface area (Å²) in [7, 11) is 1.64. The van der Waals surface area contributed by atoms with Crippen LogP contribution in [0.2, 0.25) is 0 Å². The minimum absolute atomic E-state index is 0.00290. The van der Waals surface area contributed by atoms with Crippen molar-refractivity contribution in [2.24, 2.45) is 0 Å². The third kappa shape index (κ3) is 3.74. The SMILES string of the molecule is CCN(C(=O)CCCl)c1nc(-c2ccc(OC)cc2)cs1. The van der Waals surface area contributed by atoms with Gasteiger partial charge in [-0.1, -0.05) is 0 Å². The number of hydrogen-bond donors (Lipinski definition) is 0. The molecule has 0 N–H and O–H groups in total. The Hall–Kier alpha value is -1.59. The fraction of sp³-hybridized carbons (Fsp3) is 0.333. The first-order valence-electron chi connectivity index (χ1n) is 6.65. The number of thiazole rings is 1. The Bertz CT molecular complexity index is 598. The molecule has 1 amide bonds. The molecular weight excluding hydrogens is 308 g/mol. The minimum atomic E-state index is 0.00290.